The molecule has 4 aliphatic heterocycles. The molecule has 1 saturated heterocycles. The van der Waals surface area contributed by atoms with Crippen molar-refractivity contribution in [3.8, 4) is 11.5 Å². The summed E-state index contributed by atoms with van der Waals surface area (Å²) >= 11 is 6.22. The Bertz CT molecular complexity index is 1250. The average molecular weight is 535 g/mol. The van der Waals surface area contributed by atoms with Gasteiger partial charge in [-0.25, -0.2) is 0 Å². The van der Waals surface area contributed by atoms with Gasteiger partial charge in [0, 0.05) is 49.5 Å². The molecule has 0 aliphatic carbocycles. The summed E-state index contributed by atoms with van der Waals surface area (Å²) in [5.41, 5.74) is 4.79. The molecule has 1 spiro atoms. The first-order chi connectivity index (χ1) is 18.6. The Morgan fingerprint density at radius 1 is 1.16 bits per heavy atom. The molecule has 6 nitrogen and oxygen atoms in total. The van der Waals surface area contributed by atoms with E-state index in [2.05, 4.69) is 41.3 Å². The van der Waals surface area contributed by atoms with Gasteiger partial charge in [-0.2, -0.15) is 0 Å². The molecule has 0 bridgehead atoms. The number of ether oxygens (including phenoxy) is 4. The van der Waals surface area contributed by atoms with E-state index in [-0.39, 0.29) is 17.6 Å². The Kier molecular flexibility index (Phi) is 7.57. The second-order valence-electron chi connectivity index (χ2n) is 10.5. The molecule has 2 atom stereocenters. The SMILES string of the molecule is COCCOc1ccc2c(c1)C(=CCCN1CCC3(CC1)OCc1cc(Cl)ccc13)C1C=CC=NC1CO2. The smallest absolute Gasteiger partial charge is 0.127 e. The predicted molar refractivity (Wildman–Crippen MR) is 150 cm³/mol. The van der Waals surface area contributed by atoms with Gasteiger partial charge in [0.25, 0.3) is 0 Å². The van der Waals surface area contributed by atoms with Gasteiger partial charge in [0.15, 0.2) is 0 Å². The third-order valence-corrected chi connectivity index (χ3v) is 8.45. The number of rotatable bonds is 7. The molecule has 1 fully saturated rings. The fourth-order valence-electron chi connectivity index (χ4n) is 6.18. The number of hydrogen-bond acceptors (Lipinski definition) is 6. The molecule has 2 aromatic carbocycles. The minimum absolute atomic E-state index is 0.0828. The van der Waals surface area contributed by atoms with Gasteiger partial charge in [0.1, 0.15) is 24.7 Å². The fourth-order valence-corrected chi connectivity index (χ4v) is 6.37. The average Bonchev–Trinajstić information content (AvgIpc) is 3.20. The van der Waals surface area contributed by atoms with Crippen LogP contribution < -0.4 is 9.47 Å². The van der Waals surface area contributed by atoms with Gasteiger partial charge in [-0.05, 0) is 72.4 Å². The molecule has 4 aliphatic rings. The maximum atomic E-state index is 6.36. The number of piperidine rings is 1. The van der Waals surface area contributed by atoms with E-state index in [9.17, 15) is 0 Å². The van der Waals surface area contributed by atoms with Gasteiger partial charge >= 0.3 is 0 Å². The molecule has 7 heteroatoms. The van der Waals surface area contributed by atoms with E-state index >= 15 is 0 Å². The number of aliphatic imine (C=N–C) groups is 1. The molecular formula is C31H35ClN2O4. The Balaban J connectivity index is 1.16. The summed E-state index contributed by atoms with van der Waals surface area (Å²) in [7, 11) is 1.68. The van der Waals surface area contributed by atoms with Crippen molar-refractivity contribution in [3.63, 3.8) is 0 Å². The summed E-state index contributed by atoms with van der Waals surface area (Å²) in [6.45, 7) is 5.37. The summed E-state index contributed by atoms with van der Waals surface area (Å²) in [6.07, 6.45) is 11.6. The zero-order chi connectivity index (χ0) is 26.0. The molecule has 38 heavy (non-hydrogen) atoms. The van der Waals surface area contributed by atoms with E-state index in [1.54, 1.807) is 7.11 Å². The van der Waals surface area contributed by atoms with Crippen molar-refractivity contribution >= 4 is 23.4 Å². The predicted octanol–water partition coefficient (Wildman–Crippen LogP) is 5.68. The van der Waals surface area contributed by atoms with Crippen LogP contribution in [-0.4, -0.2) is 63.7 Å². The van der Waals surface area contributed by atoms with Crippen LogP contribution in [0.1, 0.15) is 36.0 Å². The lowest BCUT2D eigenvalue weighted by Gasteiger charge is -2.39. The zero-order valence-electron chi connectivity index (χ0n) is 21.9. The van der Waals surface area contributed by atoms with Crippen LogP contribution in [0.25, 0.3) is 5.57 Å². The van der Waals surface area contributed by atoms with Crippen molar-refractivity contribution in [2.75, 3.05) is 46.6 Å². The monoisotopic (exact) mass is 534 g/mol. The van der Waals surface area contributed by atoms with Crippen molar-refractivity contribution < 1.29 is 18.9 Å². The lowest BCUT2D eigenvalue weighted by molar-refractivity contribution is -0.0785. The maximum absolute atomic E-state index is 6.36. The summed E-state index contributed by atoms with van der Waals surface area (Å²) in [5.74, 6) is 1.91. The number of allylic oxidation sites excluding steroid dienone is 1. The van der Waals surface area contributed by atoms with Crippen LogP contribution in [0.4, 0.5) is 0 Å². The van der Waals surface area contributed by atoms with Crippen LogP contribution in [0, 0.1) is 5.92 Å². The van der Waals surface area contributed by atoms with Gasteiger partial charge in [0.05, 0.1) is 24.9 Å². The number of benzene rings is 2. The van der Waals surface area contributed by atoms with Crippen LogP contribution in [0.5, 0.6) is 11.5 Å². The standard InChI is InChI=1S/C31H35ClN2O4/c1-35-16-17-36-24-7-9-30-27(19-24)25(26-4-2-12-33-29(26)21-37-30)5-3-13-34-14-10-31(11-15-34)28-8-6-23(32)18-22(28)20-38-31/h2,4-9,12,18-19,26,29H,3,10-11,13-17,20-21H2,1H3. The zero-order valence-corrected chi connectivity index (χ0v) is 22.7. The lowest BCUT2D eigenvalue weighted by Crippen LogP contribution is -2.42. The molecule has 4 heterocycles. The summed E-state index contributed by atoms with van der Waals surface area (Å²) in [4.78, 5) is 7.29. The van der Waals surface area contributed by atoms with Crippen molar-refractivity contribution in [2.24, 2.45) is 10.9 Å². The molecule has 200 valence electrons. The third kappa shape index (κ3) is 5.15. The molecule has 6 rings (SSSR count). The Morgan fingerprint density at radius 2 is 2.05 bits per heavy atom. The number of hydrogen-bond donors (Lipinski definition) is 0. The number of likely N-dealkylation sites (tertiary alicyclic amines) is 1. The molecule has 0 amide bonds. The summed E-state index contributed by atoms with van der Waals surface area (Å²) in [6, 6.07) is 12.4. The van der Waals surface area contributed by atoms with Gasteiger partial charge in [0.2, 0.25) is 0 Å². The van der Waals surface area contributed by atoms with Gasteiger partial charge in [-0.1, -0.05) is 29.8 Å². The van der Waals surface area contributed by atoms with Crippen LogP contribution in [0.2, 0.25) is 5.02 Å². The number of fused-ring (bicyclic) bond motifs is 4. The molecule has 0 radical (unpaired) electrons. The molecule has 2 aromatic rings. The Morgan fingerprint density at radius 3 is 2.92 bits per heavy atom. The highest BCUT2D eigenvalue weighted by Gasteiger charge is 2.42. The second kappa shape index (κ2) is 11.2. The van der Waals surface area contributed by atoms with E-state index in [1.807, 2.05) is 24.4 Å². The van der Waals surface area contributed by atoms with Crippen LogP contribution in [-0.2, 0) is 21.7 Å². The third-order valence-electron chi connectivity index (χ3n) is 8.22. The molecule has 0 N–H and O–H groups in total. The van der Waals surface area contributed by atoms with Crippen molar-refractivity contribution in [1.82, 2.24) is 4.90 Å². The normalized spacial score (nSPS) is 24.5. The molecular weight excluding hydrogens is 500 g/mol. The van der Waals surface area contributed by atoms with Gasteiger partial charge < -0.3 is 23.8 Å². The van der Waals surface area contributed by atoms with Crippen LogP contribution in [0.3, 0.4) is 0 Å². The van der Waals surface area contributed by atoms with Crippen molar-refractivity contribution in [1.29, 1.82) is 0 Å². The summed E-state index contributed by atoms with van der Waals surface area (Å²) in [5, 5.41) is 0.787. The first-order valence-corrected chi connectivity index (χ1v) is 14.0. The Labute approximate surface area is 229 Å². The van der Waals surface area contributed by atoms with E-state index in [4.69, 9.17) is 35.5 Å². The van der Waals surface area contributed by atoms with Gasteiger partial charge in [-0.15, -0.1) is 0 Å². The molecule has 0 saturated carbocycles. The van der Waals surface area contributed by atoms with Crippen LogP contribution >= 0.6 is 11.6 Å². The lowest BCUT2D eigenvalue weighted by atomic mass is 9.83. The topological polar surface area (TPSA) is 52.5 Å². The number of halogens is 1. The fraction of sp³-hybridized carbons (Fsp3) is 0.452. The first kappa shape index (κ1) is 25.6. The highest BCUT2D eigenvalue weighted by Crippen LogP contribution is 2.45. The van der Waals surface area contributed by atoms with Crippen molar-refractivity contribution in [3.05, 3.63) is 76.3 Å². The molecule has 0 aromatic heterocycles. The van der Waals surface area contributed by atoms with Gasteiger partial charge in [-0.3, -0.25) is 4.99 Å². The van der Waals surface area contributed by atoms with E-state index in [0.29, 0.717) is 26.4 Å². The second-order valence-corrected chi connectivity index (χ2v) is 10.9. The number of dihydropyridines is 1. The summed E-state index contributed by atoms with van der Waals surface area (Å²) < 4.78 is 23.7. The van der Waals surface area contributed by atoms with E-state index in [0.717, 1.165) is 61.0 Å². The van der Waals surface area contributed by atoms with E-state index < -0.39 is 0 Å². The van der Waals surface area contributed by atoms with E-state index in [1.165, 1.54) is 16.7 Å². The quantitative estimate of drug-likeness (QED) is 0.428. The maximum Gasteiger partial charge on any atom is 0.127 e. The minimum Gasteiger partial charge on any atom is -0.491 e. The van der Waals surface area contributed by atoms with Crippen molar-refractivity contribution in [2.45, 2.75) is 37.5 Å². The largest absolute Gasteiger partial charge is 0.491 e. The molecule has 2 unspecified atom stereocenters. The first-order valence-electron chi connectivity index (χ1n) is 13.6. The Hall–Kier alpha value is -2.64. The highest BCUT2D eigenvalue weighted by atomic mass is 35.5. The van der Waals surface area contributed by atoms with Crippen LogP contribution in [0.15, 0.2) is 59.6 Å². The highest BCUT2D eigenvalue weighted by molar-refractivity contribution is 6.30. The number of methoxy groups -OCH3 is 1. The minimum atomic E-state index is -0.149. The number of nitrogens with zero attached hydrogens (tertiary/aromatic N) is 2.